The maximum atomic E-state index is 13.8. The molecule has 0 atom stereocenters. The van der Waals surface area contributed by atoms with E-state index in [0.29, 0.717) is 12.5 Å². The van der Waals surface area contributed by atoms with E-state index in [-0.39, 0.29) is 15.8 Å². The molecule has 1 aromatic rings. The van der Waals surface area contributed by atoms with Gasteiger partial charge in [-0.25, -0.2) is 9.18 Å². The van der Waals surface area contributed by atoms with Crippen LogP contribution in [-0.2, 0) is 0 Å². The molecule has 1 saturated carbocycles. The molecule has 0 aromatic heterocycles. The van der Waals surface area contributed by atoms with Crippen molar-refractivity contribution >= 4 is 21.9 Å². The van der Waals surface area contributed by atoms with Gasteiger partial charge in [0.05, 0.1) is 16.6 Å². The molecule has 3 nitrogen and oxygen atoms in total. The molecule has 0 saturated heterocycles. The van der Waals surface area contributed by atoms with Crippen molar-refractivity contribution in [1.82, 2.24) is 0 Å². The molecule has 0 unspecified atom stereocenters. The highest BCUT2D eigenvalue weighted by molar-refractivity contribution is 9.10. The first-order chi connectivity index (χ1) is 8.59. The first-order valence-corrected chi connectivity index (χ1v) is 6.73. The number of carboxylic acids is 1. The minimum Gasteiger partial charge on any atom is -0.490 e. The van der Waals surface area contributed by atoms with Crippen molar-refractivity contribution in [3.05, 3.63) is 28.0 Å². The molecule has 0 spiro atoms. The van der Waals surface area contributed by atoms with Gasteiger partial charge in [-0.3, -0.25) is 0 Å². The van der Waals surface area contributed by atoms with Crippen molar-refractivity contribution in [3.63, 3.8) is 0 Å². The molecule has 0 amide bonds. The number of hydrogen-bond donors (Lipinski definition) is 1. The van der Waals surface area contributed by atoms with E-state index in [1.165, 1.54) is 31.4 Å². The van der Waals surface area contributed by atoms with E-state index in [9.17, 15) is 9.18 Å². The van der Waals surface area contributed by atoms with Crippen molar-refractivity contribution < 1.29 is 19.0 Å². The fourth-order valence-corrected chi connectivity index (χ4v) is 2.42. The lowest BCUT2D eigenvalue weighted by Crippen LogP contribution is -2.15. The van der Waals surface area contributed by atoms with E-state index in [1.807, 2.05) is 0 Å². The number of aromatic carboxylic acids is 1. The van der Waals surface area contributed by atoms with Crippen LogP contribution in [0, 0.1) is 11.7 Å². The monoisotopic (exact) mass is 316 g/mol. The Morgan fingerprint density at radius 2 is 2.22 bits per heavy atom. The van der Waals surface area contributed by atoms with Crippen LogP contribution in [0.5, 0.6) is 5.75 Å². The Morgan fingerprint density at radius 3 is 2.78 bits per heavy atom. The second-order valence-corrected chi connectivity index (χ2v) is 5.27. The van der Waals surface area contributed by atoms with Gasteiger partial charge >= 0.3 is 5.97 Å². The third kappa shape index (κ3) is 2.83. The van der Waals surface area contributed by atoms with Gasteiger partial charge in [-0.1, -0.05) is 19.3 Å². The molecular formula is C13H14BrFO3. The normalized spacial score (nSPS) is 15.2. The maximum absolute atomic E-state index is 13.8. The second kappa shape index (κ2) is 5.69. The van der Waals surface area contributed by atoms with Gasteiger partial charge in [-0.2, -0.15) is 0 Å². The molecule has 98 valence electrons. The highest BCUT2D eigenvalue weighted by atomic mass is 79.9. The Labute approximate surface area is 113 Å². The average molecular weight is 317 g/mol. The van der Waals surface area contributed by atoms with Gasteiger partial charge in [0.2, 0.25) is 0 Å². The molecule has 1 N–H and O–H groups in total. The van der Waals surface area contributed by atoms with Crippen LogP contribution in [0.25, 0.3) is 0 Å². The van der Waals surface area contributed by atoms with Crippen LogP contribution in [0.2, 0.25) is 0 Å². The molecule has 0 heterocycles. The highest BCUT2D eigenvalue weighted by Crippen LogP contribution is 2.31. The molecule has 1 fully saturated rings. The number of hydrogen-bond acceptors (Lipinski definition) is 2. The lowest BCUT2D eigenvalue weighted by atomic mass is 9.83. The standard InChI is InChI=1S/C13H14BrFO3/c14-11-9(13(16)17)4-5-10(12(11)15)18-7-6-8-2-1-3-8/h4-5,8H,1-3,6-7H2,(H,16,17). The van der Waals surface area contributed by atoms with Crippen LogP contribution in [-0.4, -0.2) is 17.7 Å². The van der Waals surface area contributed by atoms with Crippen molar-refractivity contribution in [2.24, 2.45) is 5.92 Å². The van der Waals surface area contributed by atoms with E-state index < -0.39 is 11.8 Å². The fraction of sp³-hybridized carbons (Fsp3) is 0.462. The molecule has 2 rings (SSSR count). The van der Waals surface area contributed by atoms with Gasteiger partial charge in [-0.15, -0.1) is 0 Å². The highest BCUT2D eigenvalue weighted by Gasteiger charge is 2.19. The number of ether oxygens (including phenoxy) is 1. The van der Waals surface area contributed by atoms with Crippen LogP contribution in [0.3, 0.4) is 0 Å². The maximum Gasteiger partial charge on any atom is 0.336 e. The summed E-state index contributed by atoms with van der Waals surface area (Å²) in [4.78, 5) is 10.8. The van der Waals surface area contributed by atoms with Crippen LogP contribution in [0.4, 0.5) is 4.39 Å². The number of rotatable bonds is 5. The van der Waals surface area contributed by atoms with Crippen molar-refractivity contribution in [2.75, 3.05) is 6.61 Å². The van der Waals surface area contributed by atoms with Crippen molar-refractivity contribution in [3.8, 4) is 5.75 Å². The summed E-state index contributed by atoms with van der Waals surface area (Å²) in [5.41, 5.74) is -0.0983. The quantitative estimate of drug-likeness (QED) is 0.897. The fourth-order valence-electron chi connectivity index (χ4n) is 1.93. The third-order valence-corrected chi connectivity index (χ3v) is 4.06. The third-order valence-electron chi connectivity index (χ3n) is 3.29. The zero-order valence-electron chi connectivity index (χ0n) is 9.79. The Hall–Kier alpha value is -1.10. The summed E-state index contributed by atoms with van der Waals surface area (Å²) in [6.07, 6.45) is 4.66. The zero-order chi connectivity index (χ0) is 13.1. The average Bonchev–Trinajstić information content (AvgIpc) is 2.27. The molecule has 0 aliphatic heterocycles. The molecule has 1 aliphatic carbocycles. The number of carboxylic acid groups (broad SMARTS) is 1. The van der Waals surface area contributed by atoms with Gasteiger partial charge in [0.25, 0.3) is 0 Å². The molecule has 1 aliphatic rings. The predicted octanol–water partition coefficient (Wildman–Crippen LogP) is 3.86. The van der Waals surface area contributed by atoms with Gasteiger partial charge < -0.3 is 9.84 Å². The van der Waals surface area contributed by atoms with Gasteiger partial charge in [-0.05, 0) is 40.4 Å². The molecule has 0 bridgehead atoms. The molecule has 1 aromatic carbocycles. The van der Waals surface area contributed by atoms with Crippen LogP contribution in [0.1, 0.15) is 36.0 Å². The number of benzene rings is 1. The van der Waals surface area contributed by atoms with E-state index in [4.69, 9.17) is 9.84 Å². The SMILES string of the molecule is O=C(O)c1ccc(OCCC2CCC2)c(F)c1Br. The van der Waals surface area contributed by atoms with E-state index in [1.54, 1.807) is 0 Å². The lowest BCUT2D eigenvalue weighted by molar-refractivity contribution is 0.0695. The molecular weight excluding hydrogens is 303 g/mol. The summed E-state index contributed by atoms with van der Waals surface area (Å²) < 4.78 is 19.1. The zero-order valence-corrected chi connectivity index (χ0v) is 11.4. The van der Waals surface area contributed by atoms with Gasteiger partial charge in [0, 0.05) is 0 Å². The van der Waals surface area contributed by atoms with Gasteiger partial charge in [0.1, 0.15) is 0 Å². The second-order valence-electron chi connectivity index (χ2n) is 4.48. The summed E-state index contributed by atoms with van der Waals surface area (Å²) in [7, 11) is 0. The minimum absolute atomic E-state index is 0.0591. The first kappa shape index (κ1) is 13.3. The summed E-state index contributed by atoms with van der Waals surface area (Å²) in [6.45, 7) is 0.473. The number of carbonyl (C=O) groups is 1. The lowest BCUT2D eigenvalue weighted by Gasteiger charge is -2.25. The Kier molecular flexibility index (Phi) is 4.22. The largest absolute Gasteiger partial charge is 0.490 e. The summed E-state index contributed by atoms with van der Waals surface area (Å²) in [5.74, 6) is -1.01. The summed E-state index contributed by atoms with van der Waals surface area (Å²) >= 11 is 2.94. The number of halogens is 2. The minimum atomic E-state index is -1.17. The Balaban J connectivity index is 1.99. The molecule has 0 radical (unpaired) electrons. The van der Waals surface area contributed by atoms with E-state index in [0.717, 1.165) is 6.42 Å². The smallest absolute Gasteiger partial charge is 0.336 e. The summed E-state index contributed by atoms with van der Waals surface area (Å²) in [5, 5.41) is 8.83. The topological polar surface area (TPSA) is 46.5 Å². The molecule has 18 heavy (non-hydrogen) atoms. The van der Waals surface area contributed by atoms with Crippen LogP contribution >= 0.6 is 15.9 Å². The first-order valence-electron chi connectivity index (χ1n) is 5.93. The Bertz CT molecular complexity index is 458. The summed E-state index contributed by atoms with van der Waals surface area (Å²) in [6, 6.07) is 2.71. The van der Waals surface area contributed by atoms with Crippen LogP contribution < -0.4 is 4.74 Å². The molecule has 5 heteroatoms. The van der Waals surface area contributed by atoms with Crippen molar-refractivity contribution in [2.45, 2.75) is 25.7 Å². The van der Waals surface area contributed by atoms with Crippen LogP contribution in [0.15, 0.2) is 16.6 Å². The Morgan fingerprint density at radius 1 is 1.50 bits per heavy atom. The van der Waals surface area contributed by atoms with E-state index >= 15 is 0 Å². The van der Waals surface area contributed by atoms with Gasteiger partial charge in [0.15, 0.2) is 11.6 Å². The van der Waals surface area contributed by atoms with Crippen molar-refractivity contribution in [1.29, 1.82) is 0 Å². The predicted molar refractivity (Wildman–Crippen MR) is 68.5 cm³/mol. The van der Waals surface area contributed by atoms with E-state index in [2.05, 4.69) is 15.9 Å².